The maximum atomic E-state index is 11.2. The fourth-order valence-electron chi connectivity index (χ4n) is 2.50. The monoisotopic (exact) mass is 292 g/mol. The Morgan fingerprint density at radius 2 is 2.24 bits per heavy atom. The van der Waals surface area contributed by atoms with Gasteiger partial charge in [0.1, 0.15) is 12.4 Å². The first-order valence-electron chi connectivity index (χ1n) is 7.04. The van der Waals surface area contributed by atoms with E-state index in [1.165, 1.54) is 12.1 Å². The Morgan fingerprint density at radius 1 is 1.43 bits per heavy atom. The van der Waals surface area contributed by atoms with Gasteiger partial charge in [0.25, 0.3) is 0 Å². The van der Waals surface area contributed by atoms with Crippen molar-refractivity contribution >= 4 is 11.9 Å². The van der Waals surface area contributed by atoms with Crippen LogP contribution in [0.2, 0.25) is 0 Å². The predicted octanol–water partition coefficient (Wildman–Crippen LogP) is 0.961. The minimum Gasteiger partial charge on any atom is -0.492 e. The van der Waals surface area contributed by atoms with Crippen LogP contribution in [0.3, 0.4) is 0 Å². The first kappa shape index (κ1) is 15.3. The smallest absolute Gasteiger partial charge is 0.335 e. The third kappa shape index (κ3) is 4.46. The molecule has 6 heteroatoms. The number of carboxylic acids is 1. The summed E-state index contributed by atoms with van der Waals surface area (Å²) < 4.78 is 5.57. The van der Waals surface area contributed by atoms with Crippen LogP contribution in [-0.2, 0) is 4.79 Å². The molecule has 1 amide bonds. The van der Waals surface area contributed by atoms with E-state index in [0.717, 1.165) is 19.4 Å². The predicted molar refractivity (Wildman–Crippen MR) is 77.3 cm³/mol. The van der Waals surface area contributed by atoms with Crippen molar-refractivity contribution in [2.24, 2.45) is 11.7 Å². The van der Waals surface area contributed by atoms with E-state index in [9.17, 15) is 9.59 Å². The van der Waals surface area contributed by atoms with E-state index in [1.807, 2.05) is 0 Å². The number of hydrogen-bond acceptors (Lipinski definition) is 4. The Hall–Kier alpha value is -2.08. The Morgan fingerprint density at radius 3 is 2.95 bits per heavy atom. The molecule has 1 aromatic rings. The fraction of sp³-hybridized carbons (Fsp3) is 0.467. The molecular formula is C15H20N2O4. The molecule has 3 N–H and O–H groups in total. The second-order valence-electron chi connectivity index (χ2n) is 5.22. The third-order valence-corrected chi connectivity index (χ3v) is 3.67. The van der Waals surface area contributed by atoms with Gasteiger partial charge in [0.05, 0.1) is 11.5 Å². The zero-order valence-electron chi connectivity index (χ0n) is 11.8. The van der Waals surface area contributed by atoms with Crippen molar-refractivity contribution in [2.75, 3.05) is 26.2 Å². The summed E-state index contributed by atoms with van der Waals surface area (Å²) in [6.07, 6.45) is 1.81. The summed E-state index contributed by atoms with van der Waals surface area (Å²) in [6.45, 7) is 2.76. The maximum absolute atomic E-state index is 11.2. The highest BCUT2D eigenvalue weighted by Gasteiger charge is 2.23. The largest absolute Gasteiger partial charge is 0.492 e. The molecule has 0 aromatic heterocycles. The molecule has 1 fully saturated rings. The van der Waals surface area contributed by atoms with Gasteiger partial charge in [-0.3, -0.25) is 9.69 Å². The van der Waals surface area contributed by atoms with Crippen molar-refractivity contribution in [2.45, 2.75) is 12.8 Å². The van der Waals surface area contributed by atoms with Crippen molar-refractivity contribution < 1.29 is 19.4 Å². The van der Waals surface area contributed by atoms with Gasteiger partial charge < -0.3 is 15.6 Å². The number of benzene rings is 1. The Bertz CT molecular complexity index is 518. The Labute approximate surface area is 123 Å². The number of ether oxygens (including phenoxy) is 1. The zero-order valence-corrected chi connectivity index (χ0v) is 11.8. The second-order valence-corrected chi connectivity index (χ2v) is 5.22. The van der Waals surface area contributed by atoms with Gasteiger partial charge in [-0.1, -0.05) is 6.07 Å². The molecule has 1 atom stereocenters. The quantitative estimate of drug-likeness (QED) is 0.814. The van der Waals surface area contributed by atoms with Gasteiger partial charge in [-0.05, 0) is 37.6 Å². The molecule has 0 saturated carbocycles. The lowest BCUT2D eigenvalue weighted by atomic mass is 9.98. The van der Waals surface area contributed by atoms with Gasteiger partial charge >= 0.3 is 5.97 Å². The minimum atomic E-state index is -0.971. The summed E-state index contributed by atoms with van der Waals surface area (Å²) in [5, 5.41) is 8.91. The van der Waals surface area contributed by atoms with Crippen LogP contribution in [0.4, 0.5) is 0 Å². The summed E-state index contributed by atoms with van der Waals surface area (Å²) in [4.78, 5) is 24.2. The topological polar surface area (TPSA) is 92.9 Å². The molecule has 1 saturated heterocycles. The molecule has 1 heterocycles. The number of piperidine rings is 1. The van der Waals surface area contributed by atoms with Crippen LogP contribution in [0.1, 0.15) is 23.2 Å². The van der Waals surface area contributed by atoms with Gasteiger partial charge in [0.15, 0.2) is 0 Å². The van der Waals surface area contributed by atoms with Crippen molar-refractivity contribution in [3.05, 3.63) is 29.8 Å². The van der Waals surface area contributed by atoms with Crippen LogP contribution in [0.15, 0.2) is 24.3 Å². The number of carbonyl (C=O) groups excluding carboxylic acids is 1. The molecule has 0 spiro atoms. The lowest BCUT2D eigenvalue weighted by molar-refractivity contribution is -0.123. The van der Waals surface area contributed by atoms with Crippen LogP contribution in [0.25, 0.3) is 0 Å². The summed E-state index contributed by atoms with van der Waals surface area (Å²) in [5.41, 5.74) is 5.55. The van der Waals surface area contributed by atoms with Gasteiger partial charge in [-0.25, -0.2) is 4.79 Å². The number of hydrogen-bond donors (Lipinski definition) is 2. The summed E-state index contributed by atoms with van der Waals surface area (Å²) in [7, 11) is 0. The minimum absolute atomic E-state index is 0.0749. The molecule has 6 nitrogen and oxygen atoms in total. The molecule has 1 aliphatic rings. The fourth-order valence-corrected chi connectivity index (χ4v) is 2.50. The molecule has 0 bridgehead atoms. The number of primary amides is 1. The third-order valence-electron chi connectivity index (χ3n) is 3.67. The van der Waals surface area contributed by atoms with Crippen molar-refractivity contribution in [1.82, 2.24) is 4.90 Å². The Kier molecular flexibility index (Phi) is 5.16. The first-order valence-corrected chi connectivity index (χ1v) is 7.04. The molecule has 0 aliphatic carbocycles. The number of aromatic carboxylic acids is 1. The number of nitrogens with zero attached hydrogens (tertiary/aromatic N) is 1. The molecular weight excluding hydrogens is 272 g/mol. The second kappa shape index (κ2) is 7.08. The van der Waals surface area contributed by atoms with E-state index in [0.29, 0.717) is 25.4 Å². The van der Waals surface area contributed by atoms with Crippen molar-refractivity contribution in [3.8, 4) is 5.75 Å². The highest BCUT2D eigenvalue weighted by Crippen LogP contribution is 2.16. The molecule has 1 unspecified atom stereocenters. The van der Waals surface area contributed by atoms with Gasteiger partial charge in [-0.2, -0.15) is 0 Å². The van der Waals surface area contributed by atoms with Crippen LogP contribution < -0.4 is 10.5 Å². The molecule has 2 rings (SSSR count). The summed E-state index contributed by atoms with van der Waals surface area (Å²) >= 11 is 0. The molecule has 1 aromatic carbocycles. The number of rotatable bonds is 6. The molecule has 21 heavy (non-hydrogen) atoms. The number of carboxylic acid groups (broad SMARTS) is 1. The normalized spacial score (nSPS) is 19.1. The van der Waals surface area contributed by atoms with E-state index in [-0.39, 0.29) is 17.4 Å². The average Bonchev–Trinajstić information content (AvgIpc) is 2.48. The first-order chi connectivity index (χ1) is 10.1. The number of carbonyl (C=O) groups is 2. The van der Waals surface area contributed by atoms with Gasteiger partial charge in [0, 0.05) is 13.1 Å². The van der Waals surface area contributed by atoms with Crippen LogP contribution in [0.5, 0.6) is 5.75 Å². The van der Waals surface area contributed by atoms with E-state index < -0.39 is 5.97 Å². The lowest BCUT2D eigenvalue weighted by Gasteiger charge is -2.30. The van der Waals surface area contributed by atoms with E-state index in [4.69, 9.17) is 15.6 Å². The van der Waals surface area contributed by atoms with E-state index >= 15 is 0 Å². The molecule has 114 valence electrons. The summed E-state index contributed by atoms with van der Waals surface area (Å²) in [5.74, 6) is -0.747. The van der Waals surface area contributed by atoms with Crippen molar-refractivity contribution in [3.63, 3.8) is 0 Å². The Balaban J connectivity index is 1.80. The maximum Gasteiger partial charge on any atom is 0.335 e. The molecule has 0 radical (unpaired) electrons. The average molecular weight is 292 g/mol. The van der Waals surface area contributed by atoms with E-state index in [2.05, 4.69) is 4.90 Å². The highest BCUT2D eigenvalue weighted by molar-refractivity contribution is 5.88. The van der Waals surface area contributed by atoms with Gasteiger partial charge in [0.2, 0.25) is 5.91 Å². The van der Waals surface area contributed by atoms with Crippen molar-refractivity contribution in [1.29, 1.82) is 0 Å². The zero-order chi connectivity index (χ0) is 15.2. The lowest BCUT2D eigenvalue weighted by Crippen LogP contribution is -2.42. The SMILES string of the molecule is NC(=O)C1CCCN(CCOc2cccc(C(=O)O)c2)C1. The number of amides is 1. The van der Waals surface area contributed by atoms with Gasteiger partial charge in [-0.15, -0.1) is 0 Å². The number of nitrogens with two attached hydrogens (primary N) is 1. The number of likely N-dealkylation sites (tertiary alicyclic amines) is 1. The standard InChI is InChI=1S/C15H20N2O4/c16-14(18)12-4-2-6-17(10-12)7-8-21-13-5-1-3-11(9-13)15(19)20/h1,3,5,9,12H,2,4,6-8,10H2,(H2,16,18)(H,19,20). The summed E-state index contributed by atoms with van der Waals surface area (Å²) in [6, 6.07) is 6.42. The van der Waals surface area contributed by atoms with Crippen LogP contribution in [-0.4, -0.2) is 48.1 Å². The highest BCUT2D eigenvalue weighted by atomic mass is 16.5. The van der Waals surface area contributed by atoms with E-state index in [1.54, 1.807) is 12.1 Å². The van der Waals surface area contributed by atoms with Crippen LogP contribution >= 0.6 is 0 Å². The van der Waals surface area contributed by atoms with Crippen LogP contribution in [0, 0.1) is 5.92 Å². The molecule has 1 aliphatic heterocycles.